The van der Waals surface area contributed by atoms with Gasteiger partial charge >= 0.3 is 0 Å². The SMILES string of the molecule is Nc1ncc2c(n1)CN(C(=O)Cc1ccc(Br)cc1)C2. The monoisotopic (exact) mass is 332 g/mol. The van der Waals surface area contributed by atoms with Crippen molar-refractivity contribution in [2.75, 3.05) is 5.73 Å². The minimum absolute atomic E-state index is 0.0869. The zero-order valence-electron chi connectivity index (χ0n) is 10.7. The molecule has 3 rings (SSSR count). The van der Waals surface area contributed by atoms with Gasteiger partial charge in [-0.2, -0.15) is 0 Å². The lowest BCUT2D eigenvalue weighted by Gasteiger charge is -2.14. The first-order valence-corrected chi connectivity index (χ1v) is 7.03. The molecule has 0 fully saturated rings. The summed E-state index contributed by atoms with van der Waals surface area (Å²) in [7, 11) is 0. The molecule has 2 heterocycles. The minimum atomic E-state index is 0.0869. The Morgan fingerprint density at radius 3 is 2.80 bits per heavy atom. The van der Waals surface area contributed by atoms with Gasteiger partial charge in [0.05, 0.1) is 18.7 Å². The van der Waals surface area contributed by atoms with Crippen LogP contribution in [0.25, 0.3) is 0 Å². The highest BCUT2D eigenvalue weighted by molar-refractivity contribution is 9.10. The number of nitrogen functional groups attached to an aromatic ring is 1. The van der Waals surface area contributed by atoms with Crippen LogP contribution >= 0.6 is 15.9 Å². The molecule has 0 atom stereocenters. The third-order valence-electron chi connectivity index (χ3n) is 3.30. The highest BCUT2D eigenvalue weighted by Gasteiger charge is 2.24. The van der Waals surface area contributed by atoms with Crippen molar-refractivity contribution in [1.29, 1.82) is 0 Å². The van der Waals surface area contributed by atoms with Gasteiger partial charge in [-0.15, -0.1) is 0 Å². The summed E-state index contributed by atoms with van der Waals surface area (Å²) >= 11 is 3.38. The Hall–Kier alpha value is -1.95. The predicted molar refractivity (Wildman–Crippen MR) is 78.5 cm³/mol. The highest BCUT2D eigenvalue weighted by Crippen LogP contribution is 2.21. The minimum Gasteiger partial charge on any atom is -0.368 e. The molecule has 6 heteroatoms. The molecular weight excluding hydrogens is 320 g/mol. The maximum Gasteiger partial charge on any atom is 0.227 e. The van der Waals surface area contributed by atoms with Crippen LogP contribution in [-0.2, 0) is 24.3 Å². The topological polar surface area (TPSA) is 72.1 Å². The molecule has 5 nitrogen and oxygen atoms in total. The number of hydrogen-bond donors (Lipinski definition) is 1. The van der Waals surface area contributed by atoms with Crippen LogP contribution in [0.2, 0.25) is 0 Å². The summed E-state index contributed by atoms with van der Waals surface area (Å²) in [6.07, 6.45) is 2.09. The Morgan fingerprint density at radius 2 is 2.05 bits per heavy atom. The molecule has 2 N–H and O–H groups in total. The molecular formula is C14H13BrN4O. The second-order valence-corrected chi connectivity index (χ2v) is 5.67. The van der Waals surface area contributed by atoms with Crippen molar-refractivity contribution >= 4 is 27.8 Å². The molecule has 2 aromatic rings. The van der Waals surface area contributed by atoms with Crippen LogP contribution in [-0.4, -0.2) is 20.8 Å². The number of benzene rings is 1. The molecule has 1 aliphatic rings. The number of aromatic nitrogens is 2. The van der Waals surface area contributed by atoms with E-state index in [1.54, 1.807) is 11.1 Å². The lowest BCUT2D eigenvalue weighted by molar-refractivity contribution is -0.131. The van der Waals surface area contributed by atoms with Gasteiger partial charge in [-0.3, -0.25) is 4.79 Å². The maximum absolute atomic E-state index is 12.3. The smallest absolute Gasteiger partial charge is 0.227 e. The van der Waals surface area contributed by atoms with E-state index in [0.29, 0.717) is 19.5 Å². The van der Waals surface area contributed by atoms with E-state index in [4.69, 9.17) is 5.73 Å². The number of nitrogens with two attached hydrogens (primary N) is 1. The number of hydrogen-bond acceptors (Lipinski definition) is 4. The van der Waals surface area contributed by atoms with E-state index in [2.05, 4.69) is 25.9 Å². The molecule has 0 bridgehead atoms. The maximum atomic E-state index is 12.3. The lowest BCUT2D eigenvalue weighted by Crippen LogP contribution is -2.26. The van der Waals surface area contributed by atoms with E-state index >= 15 is 0 Å². The van der Waals surface area contributed by atoms with Gasteiger partial charge in [0.1, 0.15) is 0 Å². The number of fused-ring (bicyclic) bond motifs is 1. The van der Waals surface area contributed by atoms with E-state index in [0.717, 1.165) is 21.3 Å². The molecule has 0 saturated heterocycles. The van der Waals surface area contributed by atoms with Crippen LogP contribution in [0.5, 0.6) is 0 Å². The van der Waals surface area contributed by atoms with Gasteiger partial charge in [0, 0.05) is 22.8 Å². The van der Waals surface area contributed by atoms with Crippen molar-refractivity contribution in [3.8, 4) is 0 Å². The number of amides is 1. The summed E-state index contributed by atoms with van der Waals surface area (Å²) < 4.78 is 1.01. The summed E-state index contributed by atoms with van der Waals surface area (Å²) in [6.45, 7) is 1.07. The summed E-state index contributed by atoms with van der Waals surface area (Å²) in [6, 6.07) is 7.77. The van der Waals surface area contributed by atoms with E-state index in [-0.39, 0.29) is 11.9 Å². The quantitative estimate of drug-likeness (QED) is 0.911. The molecule has 0 aliphatic carbocycles. The van der Waals surface area contributed by atoms with Gasteiger partial charge in [-0.25, -0.2) is 9.97 Å². The standard InChI is InChI=1S/C14H13BrN4O/c15-11-3-1-9(2-4-11)5-13(20)19-7-10-6-17-14(16)18-12(10)8-19/h1-4,6H,5,7-8H2,(H2,16,17,18). The third-order valence-corrected chi connectivity index (χ3v) is 3.82. The number of anilines is 1. The molecule has 0 saturated carbocycles. The molecule has 1 amide bonds. The fourth-order valence-corrected chi connectivity index (χ4v) is 2.50. The molecule has 0 spiro atoms. The van der Waals surface area contributed by atoms with E-state index in [1.165, 1.54) is 0 Å². The Bertz CT molecular complexity index is 657. The summed E-state index contributed by atoms with van der Waals surface area (Å²) in [5.74, 6) is 0.342. The third kappa shape index (κ3) is 2.65. The fraction of sp³-hybridized carbons (Fsp3) is 0.214. The van der Waals surface area contributed by atoms with Gasteiger partial charge in [0.2, 0.25) is 11.9 Å². The predicted octanol–water partition coefficient (Wildman–Crippen LogP) is 1.91. The fourth-order valence-electron chi connectivity index (χ4n) is 2.23. The van der Waals surface area contributed by atoms with Gasteiger partial charge in [-0.05, 0) is 17.7 Å². The van der Waals surface area contributed by atoms with Gasteiger partial charge < -0.3 is 10.6 Å². The molecule has 0 unspecified atom stereocenters. The van der Waals surface area contributed by atoms with Crippen LogP contribution < -0.4 is 5.73 Å². The Labute approximate surface area is 125 Å². The van der Waals surface area contributed by atoms with Crippen molar-refractivity contribution in [3.05, 3.63) is 51.8 Å². The van der Waals surface area contributed by atoms with E-state index in [9.17, 15) is 4.79 Å². The average Bonchev–Trinajstić information content (AvgIpc) is 2.84. The molecule has 20 heavy (non-hydrogen) atoms. The zero-order chi connectivity index (χ0) is 14.1. The van der Waals surface area contributed by atoms with Crippen LogP contribution in [0.3, 0.4) is 0 Å². The van der Waals surface area contributed by atoms with Crippen LogP contribution in [0.1, 0.15) is 16.8 Å². The molecule has 102 valence electrons. The summed E-state index contributed by atoms with van der Waals surface area (Å²) in [4.78, 5) is 22.2. The van der Waals surface area contributed by atoms with Crippen molar-refractivity contribution in [2.45, 2.75) is 19.5 Å². The first-order chi connectivity index (χ1) is 9.61. The molecule has 0 radical (unpaired) electrons. The Kier molecular flexibility index (Phi) is 3.40. The van der Waals surface area contributed by atoms with Crippen LogP contribution in [0.4, 0.5) is 5.95 Å². The largest absolute Gasteiger partial charge is 0.368 e. The Balaban J connectivity index is 1.69. The summed E-state index contributed by atoms with van der Waals surface area (Å²) in [5.41, 5.74) is 8.38. The zero-order valence-corrected chi connectivity index (χ0v) is 12.3. The average molecular weight is 333 g/mol. The number of nitrogens with zero attached hydrogens (tertiary/aromatic N) is 3. The van der Waals surface area contributed by atoms with Crippen molar-refractivity contribution < 1.29 is 4.79 Å². The molecule has 1 aromatic heterocycles. The van der Waals surface area contributed by atoms with Crippen LogP contribution in [0, 0.1) is 0 Å². The second-order valence-electron chi connectivity index (χ2n) is 4.75. The van der Waals surface area contributed by atoms with E-state index in [1.807, 2.05) is 24.3 Å². The number of carbonyl (C=O) groups is 1. The van der Waals surface area contributed by atoms with Crippen LogP contribution in [0.15, 0.2) is 34.9 Å². The number of rotatable bonds is 2. The summed E-state index contributed by atoms with van der Waals surface area (Å²) in [5, 5.41) is 0. The lowest BCUT2D eigenvalue weighted by atomic mass is 10.1. The first-order valence-electron chi connectivity index (χ1n) is 6.24. The number of carbonyl (C=O) groups excluding carboxylic acids is 1. The van der Waals surface area contributed by atoms with Gasteiger partial charge in [0.25, 0.3) is 0 Å². The Morgan fingerprint density at radius 1 is 1.30 bits per heavy atom. The molecule has 1 aliphatic heterocycles. The molecule has 1 aromatic carbocycles. The van der Waals surface area contributed by atoms with Crippen molar-refractivity contribution in [1.82, 2.24) is 14.9 Å². The van der Waals surface area contributed by atoms with Gasteiger partial charge in [-0.1, -0.05) is 28.1 Å². The number of halogens is 1. The van der Waals surface area contributed by atoms with Crippen molar-refractivity contribution in [2.24, 2.45) is 0 Å². The highest BCUT2D eigenvalue weighted by atomic mass is 79.9. The van der Waals surface area contributed by atoms with E-state index < -0.39 is 0 Å². The normalized spacial score (nSPS) is 13.3. The second kappa shape index (κ2) is 5.20. The first kappa shape index (κ1) is 13.1. The van der Waals surface area contributed by atoms with Crippen molar-refractivity contribution in [3.63, 3.8) is 0 Å². The van der Waals surface area contributed by atoms with Gasteiger partial charge in [0.15, 0.2) is 0 Å².